The second kappa shape index (κ2) is 5.78. The lowest BCUT2D eigenvalue weighted by Gasteiger charge is -2.12. The minimum atomic E-state index is -0.957. The fraction of sp³-hybridized carbons (Fsp3) is 0.235. The van der Waals surface area contributed by atoms with Gasteiger partial charge in [0, 0.05) is 0 Å². The molecule has 0 spiro atoms. The molecule has 3 heteroatoms. The molecule has 0 aliphatic rings. The summed E-state index contributed by atoms with van der Waals surface area (Å²) in [6.45, 7) is 6.36. The van der Waals surface area contributed by atoms with E-state index < -0.39 is 5.97 Å². The molecule has 0 aromatic heterocycles. The lowest BCUT2D eigenvalue weighted by atomic mass is 9.98. The highest BCUT2D eigenvalue weighted by molar-refractivity contribution is 5.88. The molecule has 2 aromatic rings. The average molecular weight is 270 g/mol. The minimum absolute atomic E-state index is 0.220. The number of aryl methyl sites for hydroxylation is 1. The van der Waals surface area contributed by atoms with E-state index in [4.69, 9.17) is 9.84 Å². The highest BCUT2D eigenvalue weighted by atomic mass is 16.5. The molecule has 0 heterocycles. The summed E-state index contributed by atoms with van der Waals surface area (Å²) in [4.78, 5) is 10.9. The van der Waals surface area contributed by atoms with Crippen molar-refractivity contribution in [3.63, 3.8) is 0 Å². The van der Waals surface area contributed by atoms with Gasteiger partial charge in [0.25, 0.3) is 0 Å². The van der Waals surface area contributed by atoms with E-state index >= 15 is 0 Å². The molecule has 2 rings (SSSR count). The van der Waals surface area contributed by atoms with Crippen molar-refractivity contribution < 1.29 is 14.6 Å². The Kier molecular flexibility index (Phi) is 4.08. The third-order valence-electron chi connectivity index (χ3n) is 3.18. The number of carbonyl (C=O) groups is 1. The lowest BCUT2D eigenvalue weighted by molar-refractivity contribution is 0.0696. The van der Waals surface area contributed by atoms with Crippen LogP contribution in [-0.2, 0) is 0 Å². The van der Waals surface area contributed by atoms with Crippen molar-refractivity contribution in [2.45, 2.75) is 26.7 Å². The summed E-state index contributed by atoms with van der Waals surface area (Å²) in [6, 6.07) is 12.4. The Bertz CT molecular complexity index is 630. The molecule has 0 atom stereocenters. The Morgan fingerprint density at radius 2 is 1.80 bits per heavy atom. The van der Waals surface area contributed by atoms with E-state index in [2.05, 4.69) is 26.8 Å². The molecule has 0 bridgehead atoms. The van der Waals surface area contributed by atoms with Gasteiger partial charge in [-0.25, -0.2) is 4.79 Å². The molecule has 0 fully saturated rings. The van der Waals surface area contributed by atoms with Gasteiger partial charge in [0.05, 0.1) is 5.56 Å². The molecular formula is C17H18O3. The van der Waals surface area contributed by atoms with Gasteiger partial charge in [-0.3, -0.25) is 0 Å². The van der Waals surface area contributed by atoms with Gasteiger partial charge in [-0.05, 0) is 54.3 Å². The molecule has 20 heavy (non-hydrogen) atoms. The molecule has 0 unspecified atom stereocenters. The first-order chi connectivity index (χ1) is 9.47. The molecule has 0 aliphatic heterocycles. The molecule has 3 nitrogen and oxygen atoms in total. The van der Waals surface area contributed by atoms with E-state index in [0.717, 1.165) is 5.75 Å². The number of ether oxygens (including phenoxy) is 1. The number of rotatable bonds is 4. The van der Waals surface area contributed by atoms with Gasteiger partial charge in [0.2, 0.25) is 0 Å². The quantitative estimate of drug-likeness (QED) is 0.882. The molecule has 0 saturated carbocycles. The summed E-state index contributed by atoms with van der Waals surface area (Å²) in [5, 5.41) is 8.96. The number of hydrogen-bond acceptors (Lipinski definition) is 2. The molecule has 0 aliphatic carbocycles. The van der Waals surface area contributed by atoms with Crippen LogP contribution in [-0.4, -0.2) is 11.1 Å². The Balaban J connectivity index is 2.24. The van der Waals surface area contributed by atoms with Crippen LogP contribution in [0.3, 0.4) is 0 Å². The number of benzene rings is 2. The Hall–Kier alpha value is -2.29. The summed E-state index contributed by atoms with van der Waals surface area (Å²) >= 11 is 0. The monoisotopic (exact) mass is 270 g/mol. The van der Waals surface area contributed by atoms with Gasteiger partial charge < -0.3 is 9.84 Å². The highest BCUT2D eigenvalue weighted by Crippen LogP contribution is 2.27. The number of carboxylic acids is 1. The van der Waals surface area contributed by atoms with Crippen molar-refractivity contribution in [3.05, 3.63) is 59.2 Å². The van der Waals surface area contributed by atoms with Crippen LogP contribution in [0.25, 0.3) is 0 Å². The van der Waals surface area contributed by atoms with E-state index in [9.17, 15) is 4.79 Å². The summed E-state index contributed by atoms with van der Waals surface area (Å²) in [7, 11) is 0. The highest BCUT2D eigenvalue weighted by Gasteiger charge is 2.07. The third kappa shape index (κ3) is 3.18. The zero-order valence-electron chi connectivity index (χ0n) is 11.9. The number of hydrogen-bond donors (Lipinski definition) is 1. The Morgan fingerprint density at radius 1 is 1.10 bits per heavy atom. The second-order valence-corrected chi connectivity index (χ2v) is 5.11. The summed E-state index contributed by atoms with van der Waals surface area (Å²) in [5.74, 6) is 0.761. The Labute approximate surface area is 118 Å². The van der Waals surface area contributed by atoms with Gasteiger partial charge in [0.1, 0.15) is 11.5 Å². The fourth-order valence-electron chi connectivity index (χ4n) is 2.19. The summed E-state index contributed by atoms with van der Waals surface area (Å²) < 4.78 is 5.72. The van der Waals surface area contributed by atoms with Crippen LogP contribution in [0.1, 0.15) is 41.3 Å². The van der Waals surface area contributed by atoms with Crippen molar-refractivity contribution in [3.8, 4) is 11.5 Å². The van der Waals surface area contributed by atoms with Gasteiger partial charge in [-0.15, -0.1) is 0 Å². The predicted molar refractivity (Wildman–Crippen MR) is 78.7 cm³/mol. The largest absolute Gasteiger partial charge is 0.478 e. The zero-order valence-corrected chi connectivity index (χ0v) is 11.9. The maximum Gasteiger partial charge on any atom is 0.335 e. The van der Waals surface area contributed by atoms with Gasteiger partial charge in [-0.1, -0.05) is 26.0 Å². The van der Waals surface area contributed by atoms with Crippen molar-refractivity contribution in [1.29, 1.82) is 0 Å². The fourth-order valence-corrected chi connectivity index (χ4v) is 2.19. The van der Waals surface area contributed by atoms with E-state index in [-0.39, 0.29) is 5.56 Å². The first-order valence-corrected chi connectivity index (χ1v) is 6.59. The maximum absolute atomic E-state index is 10.9. The smallest absolute Gasteiger partial charge is 0.335 e. The molecule has 104 valence electrons. The van der Waals surface area contributed by atoms with Crippen LogP contribution in [0.5, 0.6) is 11.5 Å². The van der Waals surface area contributed by atoms with E-state index in [1.165, 1.54) is 17.2 Å². The number of carboxylic acid groups (broad SMARTS) is 1. The lowest BCUT2D eigenvalue weighted by Crippen LogP contribution is -1.96. The van der Waals surface area contributed by atoms with Crippen LogP contribution < -0.4 is 4.74 Å². The summed E-state index contributed by atoms with van der Waals surface area (Å²) in [5.41, 5.74) is 2.68. The van der Waals surface area contributed by atoms with Crippen LogP contribution in [0.4, 0.5) is 0 Å². The van der Waals surface area contributed by atoms with Crippen LogP contribution in [0, 0.1) is 6.92 Å². The van der Waals surface area contributed by atoms with E-state index in [1.54, 1.807) is 18.2 Å². The predicted octanol–water partition coefficient (Wildman–Crippen LogP) is 4.61. The Morgan fingerprint density at radius 3 is 2.40 bits per heavy atom. The maximum atomic E-state index is 10.9. The second-order valence-electron chi connectivity index (χ2n) is 5.11. The van der Waals surface area contributed by atoms with Gasteiger partial charge >= 0.3 is 5.97 Å². The van der Waals surface area contributed by atoms with Crippen molar-refractivity contribution in [2.75, 3.05) is 0 Å². The minimum Gasteiger partial charge on any atom is -0.478 e. The standard InChI is InChI=1S/C17H18O3/c1-11(2)16-8-7-15(9-12(16)3)20-14-6-4-5-13(10-14)17(18)19/h4-11H,1-3H3,(H,18,19). The van der Waals surface area contributed by atoms with Crippen LogP contribution >= 0.6 is 0 Å². The first kappa shape index (κ1) is 14.1. The zero-order chi connectivity index (χ0) is 14.7. The van der Waals surface area contributed by atoms with Crippen LogP contribution in [0.2, 0.25) is 0 Å². The topological polar surface area (TPSA) is 46.5 Å². The third-order valence-corrected chi connectivity index (χ3v) is 3.18. The van der Waals surface area contributed by atoms with Crippen molar-refractivity contribution >= 4 is 5.97 Å². The van der Waals surface area contributed by atoms with Gasteiger partial charge in [-0.2, -0.15) is 0 Å². The van der Waals surface area contributed by atoms with E-state index in [1.807, 2.05) is 12.1 Å². The van der Waals surface area contributed by atoms with Gasteiger partial charge in [0.15, 0.2) is 0 Å². The molecule has 1 N–H and O–H groups in total. The summed E-state index contributed by atoms with van der Waals surface area (Å²) in [6.07, 6.45) is 0. The molecule has 0 radical (unpaired) electrons. The molecule has 0 amide bonds. The SMILES string of the molecule is Cc1cc(Oc2cccc(C(=O)O)c2)ccc1C(C)C. The normalized spacial score (nSPS) is 10.6. The molecular weight excluding hydrogens is 252 g/mol. The van der Waals surface area contributed by atoms with Crippen LogP contribution in [0.15, 0.2) is 42.5 Å². The average Bonchev–Trinajstić information content (AvgIpc) is 2.38. The van der Waals surface area contributed by atoms with Crippen molar-refractivity contribution in [1.82, 2.24) is 0 Å². The molecule has 2 aromatic carbocycles. The number of aromatic carboxylic acids is 1. The first-order valence-electron chi connectivity index (χ1n) is 6.59. The molecule has 0 saturated heterocycles. The van der Waals surface area contributed by atoms with E-state index in [0.29, 0.717) is 11.7 Å². The van der Waals surface area contributed by atoms with Crippen molar-refractivity contribution in [2.24, 2.45) is 0 Å².